The van der Waals surface area contributed by atoms with Gasteiger partial charge in [-0.1, -0.05) is 24.3 Å². The van der Waals surface area contributed by atoms with E-state index in [0.717, 1.165) is 10.8 Å². The van der Waals surface area contributed by atoms with Crippen molar-refractivity contribution >= 4 is 17.2 Å². The Kier molecular flexibility index (Phi) is 3.51. The molecule has 0 atom stereocenters. The summed E-state index contributed by atoms with van der Waals surface area (Å²) in [5.41, 5.74) is 0. The molecule has 0 aromatic heterocycles. The van der Waals surface area contributed by atoms with Gasteiger partial charge in [0.2, 0.25) is 0 Å². The summed E-state index contributed by atoms with van der Waals surface area (Å²) >= 11 is 0. The monoisotopic (exact) mass is 206 g/mol. The van der Waals surface area contributed by atoms with Gasteiger partial charge in [0.15, 0.2) is 0 Å². The quantitative estimate of drug-likeness (QED) is 0.576. The van der Waals surface area contributed by atoms with Crippen LogP contribution in [-0.4, -0.2) is 21.8 Å². The van der Waals surface area contributed by atoms with Crippen molar-refractivity contribution in [3.63, 3.8) is 0 Å². The highest BCUT2D eigenvalue weighted by Gasteiger charge is 1.99. The van der Waals surface area contributed by atoms with Gasteiger partial charge in [-0.2, -0.15) is 0 Å². The van der Waals surface area contributed by atoms with Crippen LogP contribution in [0.4, 0.5) is 0 Å². The summed E-state index contributed by atoms with van der Waals surface area (Å²) in [7, 11) is 0. The van der Waals surface area contributed by atoms with Gasteiger partial charge >= 0.3 is 0 Å². The van der Waals surface area contributed by atoms with Gasteiger partial charge in [0.25, 0.3) is 6.47 Å². The Bertz CT molecular complexity index is 465. The summed E-state index contributed by atoms with van der Waals surface area (Å²) in [6.45, 7) is -0.250. The number of aromatic hydroxyl groups is 2. The summed E-state index contributed by atoms with van der Waals surface area (Å²) in [6, 6.07) is 10.3. The van der Waals surface area contributed by atoms with Gasteiger partial charge in [-0.3, -0.25) is 4.79 Å². The number of carbonyl (C=O) groups is 1. The lowest BCUT2D eigenvalue weighted by molar-refractivity contribution is -0.122. The van der Waals surface area contributed by atoms with Crippen molar-refractivity contribution < 1.29 is 20.1 Å². The Morgan fingerprint density at radius 1 is 1.07 bits per heavy atom. The molecule has 0 aliphatic carbocycles. The molecule has 2 rings (SSSR count). The Hall–Kier alpha value is -2.23. The van der Waals surface area contributed by atoms with E-state index in [2.05, 4.69) is 0 Å². The molecule has 3 N–H and O–H groups in total. The molecule has 0 aliphatic rings. The molecule has 2 aromatic rings. The maximum absolute atomic E-state index is 9.39. The van der Waals surface area contributed by atoms with E-state index < -0.39 is 0 Å². The highest BCUT2D eigenvalue weighted by Crippen LogP contribution is 2.28. The second-order valence-electron chi connectivity index (χ2n) is 2.79. The number of benzene rings is 2. The van der Waals surface area contributed by atoms with Crippen molar-refractivity contribution in [3.8, 4) is 11.5 Å². The molecule has 2 aromatic carbocycles. The number of fused-ring (bicyclic) bond motifs is 1. The molecule has 0 aliphatic heterocycles. The number of hydrogen-bond acceptors (Lipinski definition) is 3. The van der Waals surface area contributed by atoms with Crippen LogP contribution in [0.25, 0.3) is 10.8 Å². The second kappa shape index (κ2) is 4.85. The minimum atomic E-state index is -0.250. The summed E-state index contributed by atoms with van der Waals surface area (Å²) < 4.78 is 0. The molecule has 0 saturated heterocycles. The van der Waals surface area contributed by atoms with Crippen LogP contribution in [-0.2, 0) is 4.79 Å². The van der Waals surface area contributed by atoms with Crippen LogP contribution in [0.5, 0.6) is 11.5 Å². The Morgan fingerprint density at radius 2 is 1.67 bits per heavy atom. The van der Waals surface area contributed by atoms with Crippen molar-refractivity contribution in [2.75, 3.05) is 0 Å². The van der Waals surface area contributed by atoms with E-state index in [-0.39, 0.29) is 18.0 Å². The van der Waals surface area contributed by atoms with Gasteiger partial charge in [-0.05, 0) is 11.5 Å². The number of phenols is 2. The number of hydrogen-bond donors (Lipinski definition) is 3. The normalized spacial score (nSPS) is 9.07. The molecule has 0 amide bonds. The Labute approximate surface area is 86.0 Å². The van der Waals surface area contributed by atoms with Gasteiger partial charge < -0.3 is 15.3 Å². The van der Waals surface area contributed by atoms with Crippen molar-refractivity contribution in [2.24, 2.45) is 0 Å². The lowest BCUT2D eigenvalue weighted by Gasteiger charge is -2.00. The number of phenolic OH excluding ortho intramolecular Hbond substituents is 2. The molecule has 0 heterocycles. The molecule has 4 nitrogen and oxygen atoms in total. The smallest absolute Gasteiger partial charge is 0.290 e. The largest absolute Gasteiger partial charge is 0.508 e. The standard InChI is InChI=1S/C10H8O2.CH2O2/c11-8-5-7-3-1-2-4-9(7)10(12)6-8;2-1-3/h1-6,11-12H;1H,(H,2,3). The lowest BCUT2D eigenvalue weighted by atomic mass is 10.1. The second-order valence-corrected chi connectivity index (χ2v) is 2.79. The first-order valence-electron chi connectivity index (χ1n) is 4.17. The Balaban J connectivity index is 0.000000337. The van der Waals surface area contributed by atoms with Crippen LogP contribution in [0, 0.1) is 0 Å². The van der Waals surface area contributed by atoms with Crippen molar-refractivity contribution in [3.05, 3.63) is 36.4 Å². The maximum atomic E-state index is 9.39. The Morgan fingerprint density at radius 3 is 2.33 bits per heavy atom. The number of rotatable bonds is 0. The predicted octanol–water partition coefficient (Wildman–Crippen LogP) is 1.95. The van der Waals surface area contributed by atoms with Gasteiger partial charge in [0, 0.05) is 11.5 Å². The van der Waals surface area contributed by atoms with Crippen LogP contribution in [0.3, 0.4) is 0 Å². The third-order valence-corrected chi connectivity index (χ3v) is 1.82. The predicted molar refractivity (Wildman–Crippen MR) is 56.0 cm³/mol. The van der Waals surface area contributed by atoms with Crippen molar-refractivity contribution in [1.29, 1.82) is 0 Å². The van der Waals surface area contributed by atoms with E-state index in [1.807, 2.05) is 24.3 Å². The molecular formula is C11H10O4. The van der Waals surface area contributed by atoms with E-state index in [1.165, 1.54) is 6.07 Å². The molecule has 0 radical (unpaired) electrons. The number of carboxylic acid groups (broad SMARTS) is 1. The van der Waals surface area contributed by atoms with Gasteiger partial charge in [0.05, 0.1) is 0 Å². The van der Waals surface area contributed by atoms with Crippen LogP contribution in [0.2, 0.25) is 0 Å². The zero-order valence-corrected chi connectivity index (χ0v) is 7.79. The van der Waals surface area contributed by atoms with Crippen LogP contribution in [0.15, 0.2) is 36.4 Å². The van der Waals surface area contributed by atoms with Gasteiger partial charge in [-0.25, -0.2) is 0 Å². The van der Waals surface area contributed by atoms with Crippen molar-refractivity contribution in [2.45, 2.75) is 0 Å². The average Bonchev–Trinajstić information content (AvgIpc) is 2.18. The average molecular weight is 206 g/mol. The van der Waals surface area contributed by atoms with E-state index in [9.17, 15) is 5.11 Å². The first-order chi connectivity index (χ1) is 7.19. The SMILES string of the molecule is O=CO.Oc1cc(O)c2ccccc2c1. The molecule has 0 saturated carbocycles. The molecular weight excluding hydrogens is 196 g/mol. The first-order valence-corrected chi connectivity index (χ1v) is 4.17. The third kappa shape index (κ3) is 2.60. The fraction of sp³-hybridized carbons (Fsp3) is 0. The minimum Gasteiger partial charge on any atom is -0.508 e. The van der Waals surface area contributed by atoms with E-state index in [1.54, 1.807) is 6.07 Å². The van der Waals surface area contributed by atoms with E-state index in [4.69, 9.17) is 15.0 Å². The molecule has 0 bridgehead atoms. The summed E-state index contributed by atoms with van der Waals surface area (Å²) in [5, 5.41) is 27.0. The fourth-order valence-corrected chi connectivity index (χ4v) is 1.27. The van der Waals surface area contributed by atoms with E-state index >= 15 is 0 Å². The highest BCUT2D eigenvalue weighted by molar-refractivity contribution is 5.89. The first kappa shape index (κ1) is 10.8. The summed E-state index contributed by atoms with van der Waals surface area (Å²) in [4.78, 5) is 8.36. The fourth-order valence-electron chi connectivity index (χ4n) is 1.27. The van der Waals surface area contributed by atoms with Crippen LogP contribution >= 0.6 is 0 Å². The third-order valence-electron chi connectivity index (χ3n) is 1.82. The molecule has 78 valence electrons. The molecule has 0 spiro atoms. The topological polar surface area (TPSA) is 77.8 Å². The minimum absolute atomic E-state index is 0.0891. The zero-order valence-electron chi connectivity index (χ0n) is 7.79. The summed E-state index contributed by atoms with van der Waals surface area (Å²) in [6.07, 6.45) is 0. The lowest BCUT2D eigenvalue weighted by Crippen LogP contribution is -1.73. The van der Waals surface area contributed by atoms with Gasteiger partial charge in [0.1, 0.15) is 11.5 Å². The molecule has 4 heteroatoms. The van der Waals surface area contributed by atoms with Crippen LogP contribution < -0.4 is 0 Å². The maximum Gasteiger partial charge on any atom is 0.290 e. The van der Waals surface area contributed by atoms with Crippen molar-refractivity contribution in [1.82, 2.24) is 0 Å². The van der Waals surface area contributed by atoms with Gasteiger partial charge in [-0.15, -0.1) is 0 Å². The summed E-state index contributed by atoms with van der Waals surface area (Å²) in [5.74, 6) is 0.205. The highest BCUT2D eigenvalue weighted by atomic mass is 16.3. The van der Waals surface area contributed by atoms with Crippen LogP contribution in [0.1, 0.15) is 0 Å². The molecule has 15 heavy (non-hydrogen) atoms. The van der Waals surface area contributed by atoms with E-state index in [0.29, 0.717) is 0 Å². The molecule has 0 fully saturated rings. The zero-order chi connectivity index (χ0) is 11.3. The molecule has 0 unspecified atom stereocenters.